The molecule has 0 bridgehead atoms. The predicted octanol–water partition coefficient (Wildman–Crippen LogP) is 4.15. The second-order valence-electron chi connectivity index (χ2n) is 6.94. The van der Waals surface area contributed by atoms with Crippen molar-refractivity contribution in [3.05, 3.63) is 0 Å². The molecular weight excluding hydrogens is 266 g/mol. The van der Waals surface area contributed by atoms with E-state index in [1.807, 2.05) is 0 Å². The van der Waals surface area contributed by atoms with Crippen molar-refractivity contribution in [1.82, 2.24) is 4.90 Å². The topological polar surface area (TPSA) is 12.5 Å². The third-order valence-corrected chi connectivity index (χ3v) is 5.75. The third kappa shape index (κ3) is 4.92. The van der Waals surface area contributed by atoms with Crippen molar-refractivity contribution < 1.29 is 4.74 Å². The molecule has 1 aliphatic carbocycles. The number of likely N-dealkylation sites (tertiary alicyclic amines) is 1. The van der Waals surface area contributed by atoms with Crippen LogP contribution in [0, 0.1) is 5.41 Å². The minimum Gasteiger partial charge on any atom is -0.377 e. The molecular formula is C17H33NOS. The fraction of sp³-hybridized carbons (Fsp3) is 1.00. The van der Waals surface area contributed by atoms with Crippen LogP contribution in [0.1, 0.15) is 64.7 Å². The van der Waals surface area contributed by atoms with E-state index in [-0.39, 0.29) is 0 Å². The van der Waals surface area contributed by atoms with Crippen LogP contribution >= 0.6 is 12.6 Å². The molecule has 1 unspecified atom stereocenters. The first kappa shape index (κ1) is 16.6. The molecule has 3 heteroatoms. The van der Waals surface area contributed by atoms with Gasteiger partial charge in [0.2, 0.25) is 0 Å². The number of ether oxygens (including phenoxy) is 1. The Morgan fingerprint density at radius 1 is 1.15 bits per heavy atom. The predicted molar refractivity (Wildman–Crippen MR) is 89.7 cm³/mol. The maximum Gasteiger partial charge on any atom is 0.0702 e. The molecule has 0 spiro atoms. The van der Waals surface area contributed by atoms with Crippen LogP contribution < -0.4 is 0 Å². The number of rotatable bonds is 6. The summed E-state index contributed by atoms with van der Waals surface area (Å²) in [7, 11) is 0. The highest BCUT2D eigenvalue weighted by molar-refractivity contribution is 7.80. The molecule has 0 aromatic rings. The Morgan fingerprint density at radius 2 is 1.90 bits per heavy atom. The van der Waals surface area contributed by atoms with Gasteiger partial charge in [0.15, 0.2) is 0 Å². The lowest BCUT2D eigenvalue weighted by Crippen LogP contribution is -2.46. The molecule has 0 N–H and O–H groups in total. The molecule has 1 atom stereocenters. The molecule has 20 heavy (non-hydrogen) atoms. The average Bonchev–Trinajstić information content (AvgIpc) is 2.72. The van der Waals surface area contributed by atoms with Gasteiger partial charge in [-0.1, -0.05) is 32.6 Å². The lowest BCUT2D eigenvalue weighted by atomic mass is 9.81. The summed E-state index contributed by atoms with van der Waals surface area (Å²) >= 11 is 4.72. The zero-order chi connectivity index (χ0) is 14.3. The standard InChI is InChI=1S/C17H33NOS/c1-2-12-19-16-8-7-11-18(13-16)14-17(15-20)9-5-3-4-6-10-17/h16,20H,2-15H2,1H3. The van der Waals surface area contributed by atoms with Gasteiger partial charge in [0.25, 0.3) is 0 Å². The van der Waals surface area contributed by atoms with E-state index in [0.29, 0.717) is 11.5 Å². The summed E-state index contributed by atoms with van der Waals surface area (Å²) in [6, 6.07) is 0. The van der Waals surface area contributed by atoms with Crippen LogP contribution in [0.2, 0.25) is 0 Å². The molecule has 1 heterocycles. The Balaban J connectivity index is 1.86. The van der Waals surface area contributed by atoms with E-state index in [9.17, 15) is 0 Å². The Morgan fingerprint density at radius 3 is 2.55 bits per heavy atom. The van der Waals surface area contributed by atoms with E-state index in [1.54, 1.807) is 0 Å². The van der Waals surface area contributed by atoms with Gasteiger partial charge in [-0.2, -0.15) is 12.6 Å². The third-order valence-electron chi connectivity index (χ3n) is 5.08. The summed E-state index contributed by atoms with van der Waals surface area (Å²) in [6.07, 6.45) is 12.6. The van der Waals surface area contributed by atoms with Gasteiger partial charge in [-0.3, -0.25) is 0 Å². The lowest BCUT2D eigenvalue weighted by Gasteiger charge is -2.40. The van der Waals surface area contributed by atoms with Gasteiger partial charge in [0.1, 0.15) is 0 Å². The van der Waals surface area contributed by atoms with Gasteiger partial charge in [-0.25, -0.2) is 0 Å². The van der Waals surface area contributed by atoms with Crippen molar-refractivity contribution in [3.8, 4) is 0 Å². The first-order valence-electron chi connectivity index (χ1n) is 8.73. The summed E-state index contributed by atoms with van der Waals surface area (Å²) in [5.74, 6) is 1.06. The van der Waals surface area contributed by atoms with Crippen molar-refractivity contribution in [1.29, 1.82) is 0 Å². The van der Waals surface area contributed by atoms with Crippen molar-refractivity contribution in [3.63, 3.8) is 0 Å². The van der Waals surface area contributed by atoms with Gasteiger partial charge >= 0.3 is 0 Å². The highest BCUT2D eigenvalue weighted by Gasteiger charge is 2.33. The van der Waals surface area contributed by atoms with Gasteiger partial charge in [0.05, 0.1) is 6.10 Å². The van der Waals surface area contributed by atoms with Crippen LogP contribution in [0.25, 0.3) is 0 Å². The Labute approximate surface area is 131 Å². The summed E-state index contributed by atoms with van der Waals surface area (Å²) in [5.41, 5.74) is 0.478. The monoisotopic (exact) mass is 299 g/mol. The van der Waals surface area contributed by atoms with Crippen LogP contribution in [0.4, 0.5) is 0 Å². The molecule has 1 saturated carbocycles. The SMILES string of the molecule is CCCOC1CCCN(CC2(CS)CCCCCC2)C1. The van der Waals surface area contributed by atoms with Gasteiger partial charge in [0, 0.05) is 19.7 Å². The molecule has 118 valence electrons. The zero-order valence-electron chi connectivity index (χ0n) is 13.3. The molecule has 1 aliphatic heterocycles. The van der Waals surface area contributed by atoms with E-state index < -0.39 is 0 Å². The Bertz CT molecular complexity index is 264. The fourth-order valence-corrected chi connectivity index (χ4v) is 4.31. The van der Waals surface area contributed by atoms with Crippen molar-refractivity contribution >= 4 is 12.6 Å². The summed E-state index contributed by atoms with van der Waals surface area (Å²) in [6.45, 7) is 6.79. The van der Waals surface area contributed by atoms with Gasteiger partial charge < -0.3 is 9.64 Å². The second kappa shape index (κ2) is 8.65. The highest BCUT2D eigenvalue weighted by atomic mass is 32.1. The molecule has 0 radical (unpaired) electrons. The molecule has 1 saturated heterocycles. The molecule has 0 amide bonds. The zero-order valence-corrected chi connectivity index (χ0v) is 14.2. The minimum atomic E-state index is 0.478. The first-order valence-corrected chi connectivity index (χ1v) is 9.36. The number of hydrogen-bond acceptors (Lipinski definition) is 3. The minimum absolute atomic E-state index is 0.478. The van der Waals surface area contributed by atoms with Crippen LogP contribution in [-0.4, -0.2) is 43.0 Å². The van der Waals surface area contributed by atoms with E-state index in [2.05, 4.69) is 11.8 Å². The van der Waals surface area contributed by atoms with Crippen LogP contribution in [-0.2, 0) is 4.74 Å². The fourth-order valence-electron chi connectivity index (χ4n) is 3.90. The maximum absolute atomic E-state index is 5.98. The molecule has 2 fully saturated rings. The van der Waals surface area contributed by atoms with E-state index >= 15 is 0 Å². The molecule has 2 aliphatic rings. The molecule has 2 rings (SSSR count). The smallest absolute Gasteiger partial charge is 0.0702 e. The largest absolute Gasteiger partial charge is 0.377 e. The van der Waals surface area contributed by atoms with Crippen LogP contribution in [0.3, 0.4) is 0 Å². The van der Waals surface area contributed by atoms with E-state index in [0.717, 1.165) is 25.3 Å². The quantitative estimate of drug-likeness (QED) is 0.584. The van der Waals surface area contributed by atoms with Crippen LogP contribution in [0.15, 0.2) is 0 Å². The Hall–Kier alpha value is 0.270. The second-order valence-corrected chi connectivity index (χ2v) is 7.26. The van der Waals surface area contributed by atoms with E-state index in [4.69, 9.17) is 17.4 Å². The van der Waals surface area contributed by atoms with Crippen LogP contribution in [0.5, 0.6) is 0 Å². The van der Waals surface area contributed by atoms with Crippen molar-refractivity contribution in [2.45, 2.75) is 70.8 Å². The van der Waals surface area contributed by atoms with Gasteiger partial charge in [-0.05, 0) is 49.8 Å². The molecule has 2 nitrogen and oxygen atoms in total. The van der Waals surface area contributed by atoms with E-state index in [1.165, 1.54) is 64.5 Å². The average molecular weight is 300 g/mol. The number of nitrogens with zero attached hydrogens (tertiary/aromatic N) is 1. The maximum atomic E-state index is 5.98. The lowest BCUT2D eigenvalue weighted by molar-refractivity contribution is -0.0113. The Kier molecular flexibility index (Phi) is 7.20. The number of piperidine rings is 1. The van der Waals surface area contributed by atoms with Crippen molar-refractivity contribution in [2.75, 3.05) is 32.0 Å². The summed E-state index contributed by atoms with van der Waals surface area (Å²) in [5, 5.41) is 0. The molecule has 0 aromatic carbocycles. The number of thiol groups is 1. The van der Waals surface area contributed by atoms with Crippen molar-refractivity contribution in [2.24, 2.45) is 5.41 Å². The summed E-state index contributed by atoms with van der Waals surface area (Å²) in [4.78, 5) is 2.67. The molecule has 0 aromatic heterocycles. The number of hydrogen-bond donors (Lipinski definition) is 1. The highest BCUT2D eigenvalue weighted by Crippen LogP contribution is 2.37. The van der Waals surface area contributed by atoms with Gasteiger partial charge in [-0.15, -0.1) is 0 Å². The normalized spacial score (nSPS) is 28.2. The summed E-state index contributed by atoms with van der Waals surface area (Å²) < 4.78 is 5.98. The first-order chi connectivity index (χ1) is 9.78.